The Morgan fingerprint density at radius 3 is 2.43 bits per heavy atom. The van der Waals surface area contributed by atoms with Crippen LogP contribution in [0.3, 0.4) is 0 Å². The summed E-state index contributed by atoms with van der Waals surface area (Å²) in [4.78, 5) is 35.9. The van der Waals surface area contributed by atoms with Crippen LogP contribution >= 0.6 is 0 Å². The van der Waals surface area contributed by atoms with Crippen LogP contribution in [0.4, 0.5) is 4.79 Å². The highest BCUT2D eigenvalue weighted by molar-refractivity contribution is 5.83. The Hall–Kier alpha value is -1.79. The SMILES string of the molecule is COC(=O)CC[C@H](NC(=O)N(C)C1CCCCC1)C(=O)O. The quantitative estimate of drug-likeness (QED) is 0.722. The largest absolute Gasteiger partial charge is 0.480 e. The molecule has 0 bridgehead atoms. The van der Waals surface area contributed by atoms with E-state index in [4.69, 9.17) is 5.11 Å². The first-order valence-corrected chi connectivity index (χ1v) is 7.28. The first-order chi connectivity index (χ1) is 9.95. The summed E-state index contributed by atoms with van der Waals surface area (Å²) >= 11 is 0. The number of amides is 2. The zero-order chi connectivity index (χ0) is 15.8. The summed E-state index contributed by atoms with van der Waals surface area (Å²) in [6.07, 6.45) is 5.24. The summed E-state index contributed by atoms with van der Waals surface area (Å²) in [6, 6.07) is -1.32. The van der Waals surface area contributed by atoms with Crippen LogP contribution in [0.1, 0.15) is 44.9 Å². The fourth-order valence-electron chi connectivity index (χ4n) is 2.51. The Kier molecular flexibility index (Phi) is 6.98. The third-order valence-corrected chi connectivity index (χ3v) is 3.90. The lowest BCUT2D eigenvalue weighted by atomic mass is 9.95. The van der Waals surface area contributed by atoms with E-state index in [-0.39, 0.29) is 18.9 Å². The summed E-state index contributed by atoms with van der Waals surface area (Å²) in [5, 5.41) is 11.6. The number of hydrogen-bond acceptors (Lipinski definition) is 4. The summed E-state index contributed by atoms with van der Waals surface area (Å²) in [5.74, 6) is -1.64. The number of carbonyl (C=O) groups is 3. The van der Waals surface area contributed by atoms with Crippen molar-refractivity contribution < 1.29 is 24.2 Å². The van der Waals surface area contributed by atoms with Crippen LogP contribution in [-0.4, -0.2) is 54.2 Å². The molecule has 1 fully saturated rings. The van der Waals surface area contributed by atoms with Gasteiger partial charge < -0.3 is 20.1 Å². The predicted molar refractivity (Wildman–Crippen MR) is 75.8 cm³/mol. The molecular weight excluding hydrogens is 276 g/mol. The lowest BCUT2D eigenvalue weighted by Gasteiger charge is -2.32. The molecule has 7 nitrogen and oxygen atoms in total. The Morgan fingerprint density at radius 2 is 1.90 bits per heavy atom. The number of carboxylic acid groups (broad SMARTS) is 1. The fraction of sp³-hybridized carbons (Fsp3) is 0.786. The highest BCUT2D eigenvalue weighted by Gasteiger charge is 2.26. The van der Waals surface area contributed by atoms with Crippen LogP contribution in [0.15, 0.2) is 0 Å². The Balaban J connectivity index is 2.50. The average Bonchev–Trinajstić information content (AvgIpc) is 2.50. The standard InChI is InChI=1S/C14H24N2O5/c1-16(10-6-4-3-5-7-10)14(20)15-11(13(18)19)8-9-12(17)21-2/h10-11H,3-9H2,1-2H3,(H,15,20)(H,18,19)/t11-/m0/s1. The molecule has 120 valence electrons. The molecule has 0 aromatic heterocycles. The lowest BCUT2D eigenvalue weighted by molar-refractivity contribution is -0.142. The molecular formula is C14H24N2O5. The van der Waals surface area contributed by atoms with E-state index in [1.165, 1.54) is 13.5 Å². The number of carboxylic acids is 1. The van der Waals surface area contributed by atoms with Gasteiger partial charge >= 0.3 is 18.0 Å². The van der Waals surface area contributed by atoms with Crippen molar-refractivity contribution in [2.24, 2.45) is 0 Å². The van der Waals surface area contributed by atoms with Gasteiger partial charge in [0.05, 0.1) is 7.11 Å². The van der Waals surface area contributed by atoms with Crippen LogP contribution in [0.5, 0.6) is 0 Å². The number of esters is 1. The van der Waals surface area contributed by atoms with Gasteiger partial charge in [-0.1, -0.05) is 19.3 Å². The monoisotopic (exact) mass is 300 g/mol. The number of rotatable bonds is 6. The normalized spacial score (nSPS) is 16.9. The third kappa shape index (κ3) is 5.61. The minimum atomic E-state index is -1.15. The fourth-order valence-corrected chi connectivity index (χ4v) is 2.51. The van der Waals surface area contributed by atoms with Gasteiger partial charge in [0, 0.05) is 19.5 Å². The topological polar surface area (TPSA) is 95.9 Å². The molecule has 0 unspecified atom stereocenters. The molecule has 2 amide bonds. The number of nitrogens with one attached hydrogen (secondary N) is 1. The molecule has 0 saturated heterocycles. The second-order valence-electron chi connectivity index (χ2n) is 5.36. The molecule has 0 spiro atoms. The van der Waals surface area contributed by atoms with E-state index in [9.17, 15) is 14.4 Å². The number of nitrogens with zero attached hydrogens (tertiary/aromatic N) is 1. The Morgan fingerprint density at radius 1 is 1.29 bits per heavy atom. The van der Waals surface area contributed by atoms with Crippen LogP contribution in [-0.2, 0) is 14.3 Å². The molecule has 0 heterocycles. The van der Waals surface area contributed by atoms with Crippen molar-refractivity contribution in [2.45, 2.75) is 57.0 Å². The second-order valence-corrected chi connectivity index (χ2v) is 5.36. The summed E-state index contributed by atoms with van der Waals surface area (Å²) < 4.78 is 4.47. The van der Waals surface area contributed by atoms with Gasteiger partial charge in [0.2, 0.25) is 0 Å². The van der Waals surface area contributed by atoms with E-state index in [2.05, 4.69) is 10.1 Å². The molecule has 7 heteroatoms. The van der Waals surface area contributed by atoms with Gasteiger partial charge in [0.15, 0.2) is 0 Å². The maximum Gasteiger partial charge on any atom is 0.326 e. The van der Waals surface area contributed by atoms with Crippen LogP contribution in [0.2, 0.25) is 0 Å². The van der Waals surface area contributed by atoms with Gasteiger partial charge in [0.25, 0.3) is 0 Å². The van der Waals surface area contributed by atoms with Crippen molar-refractivity contribution in [2.75, 3.05) is 14.2 Å². The number of aliphatic carboxylic acids is 1. The smallest absolute Gasteiger partial charge is 0.326 e. The van der Waals surface area contributed by atoms with Crippen molar-refractivity contribution in [3.8, 4) is 0 Å². The van der Waals surface area contributed by atoms with Gasteiger partial charge in [-0.25, -0.2) is 9.59 Å². The van der Waals surface area contributed by atoms with Crippen molar-refractivity contribution in [1.29, 1.82) is 0 Å². The zero-order valence-electron chi connectivity index (χ0n) is 12.6. The van der Waals surface area contributed by atoms with Gasteiger partial charge in [-0.05, 0) is 19.3 Å². The number of hydrogen-bond donors (Lipinski definition) is 2. The summed E-state index contributed by atoms with van der Waals surface area (Å²) in [6.45, 7) is 0. The maximum absolute atomic E-state index is 12.1. The van der Waals surface area contributed by atoms with Gasteiger partial charge in [-0.2, -0.15) is 0 Å². The predicted octanol–water partition coefficient (Wildman–Crippen LogP) is 1.37. The van der Waals surface area contributed by atoms with Crippen LogP contribution < -0.4 is 5.32 Å². The highest BCUT2D eigenvalue weighted by Crippen LogP contribution is 2.21. The minimum Gasteiger partial charge on any atom is -0.480 e. The zero-order valence-corrected chi connectivity index (χ0v) is 12.6. The average molecular weight is 300 g/mol. The molecule has 1 aliphatic rings. The second kappa shape index (κ2) is 8.49. The first kappa shape index (κ1) is 17.3. The van der Waals surface area contributed by atoms with E-state index >= 15 is 0 Å². The number of carbonyl (C=O) groups excluding carboxylic acids is 2. The molecule has 0 aliphatic heterocycles. The van der Waals surface area contributed by atoms with Crippen molar-refractivity contribution in [3.05, 3.63) is 0 Å². The van der Waals surface area contributed by atoms with Gasteiger partial charge in [-0.15, -0.1) is 0 Å². The Bertz CT molecular complexity index is 380. The number of methoxy groups -OCH3 is 1. The first-order valence-electron chi connectivity index (χ1n) is 7.28. The van der Waals surface area contributed by atoms with Gasteiger partial charge in [-0.3, -0.25) is 4.79 Å². The molecule has 1 rings (SSSR count). The highest BCUT2D eigenvalue weighted by atomic mass is 16.5. The van der Waals surface area contributed by atoms with E-state index in [1.807, 2.05) is 0 Å². The van der Waals surface area contributed by atoms with Crippen LogP contribution in [0, 0.1) is 0 Å². The molecule has 0 aromatic rings. The van der Waals surface area contributed by atoms with E-state index in [0.29, 0.717) is 0 Å². The minimum absolute atomic E-state index is 0.0201. The van der Waals surface area contributed by atoms with Gasteiger partial charge in [0.1, 0.15) is 6.04 Å². The van der Waals surface area contributed by atoms with Crippen molar-refractivity contribution in [3.63, 3.8) is 0 Å². The molecule has 1 saturated carbocycles. The summed E-state index contributed by atoms with van der Waals surface area (Å²) in [5.41, 5.74) is 0. The van der Waals surface area contributed by atoms with E-state index in [0.717, 1.165) is 25.7 Å². The maximum atomic E-state index is 12.1. The molecule has 21 heavy (non-hydrogen) atoms. The van der Waals surface area contributed by atoms with E-state index < -0.39 is 24.0 Å². The molecule has 1 aliphatic carbocycles. The van der Waals surface area contributed by atoms with E-state index in [1.54, 1.807) is 11.9 Å². The molecule has 0 radical (unpaired) electrons. The van der Waals surface area contributed by atoms with Crippen LogP contribution in [0.25, 0.3) is 0 Å². The summed E-state index contributed by atoms with van der Waals surface area (Å²) in [7, 11) is 2.93. The number of ether oxygens (including phenoxy) is 1. The third-order valence-electron chi connectivity index (χ3n) is 3.90. The van der Waals surface area contributed by atoms with Crippen molar-refractivity contribution in [1.82, 2.24) is 10.2 Å². The Labute approximate surface area is 124 Å². The molecule has 2 N–H and O–H groups in total. The molecule has 1 atom stereocenters. The number of urea groups is 1. The van der Waals surface area contributed by atoms with Crippen molar-refractivity contribution >= 4 is 18.0 Å². The molecule has 0 aromatic carbocycles. The lowest BCUT2D eigenvalue weighted by Crippen LogP contribution is -2.50.